The fourth-order valence-corrected chi connectivity index (χ4v) is 3.51. The third-order valence-corrected chi connectivity index (χ3v) is 5.03. The van der Waals surface area contributed by atoms with E-state index in [4.69, 9.17) is 14.2 Å². The smallest absolute Gasteiger partial charge is 0.363 e. The van der Waals surface area contributed by atoms with Gasteiger partial charge in [-0.25, -0.2) is 9.79 Å². The molecule has 0 aliphatic carbocycles. The SMILES string of the molecule is CCCCOc1c(I)cc(/C=C2\N=C(c3cccc([N+](=O)[O-])c3)OC2=O)cc1OC. The van der Waals surface area contributed by atoms with Gasteiger partial charge in [-0.05, 0) is 58.9 Å². The third kappa shape index (κ3) is 4.96. The lowest BCUT2D eigenvalue weighted by molar-refractivity contribution is -0.384. The molecule has 0 saturated heterocycles. The van der Waals surface area contributed by atoms with E-state index in [2.05, 4.69) is 34.5 Å². The van der Waals surface area contributed by atoms with Gasteiger partial charge in [-0.3, -0.25) is 10.1 Å². The van der Waals surface area contributed by atoms with E-state index in [0.29, 0.717) is 29.2 Å². The minimum Gasteiger partial charge on any atom is -0.493 e. The van der Waals surface area contributed by atoms with Crippen molar-refractivity contribution in [1.29, 1.82) is 0 Å². The van der Waals surface area contributed by atoms with Crippen LogP contribution in [0.5, 0.6) is 11.5 Å². The Morgan fingerprint density at radius 2 is 2.10 bits per heavy atom. The maximum atomic E-state index is 12.3. The average Bonchev–Trinajstić information content (AvgIpc) is 3.09. The number of aliphatic imine (C=N–C) groups is 1. The number of hydrogen-bond acceptors (Lipinski definition) is 7. The van der Waals surface area contributed by atoms with E-state index in [0.717, 1.165) is 16.4 Å². The Labute approximate surface area is 186 Å². The first-order chi connectivity index (χ1) is 14.4. The number of carbonyl (C=O) groups is 1. The lowest BCUT2D eigenvalue weighted by atomic mass is 10.1. The number of ether oxygens (including phenoxy) is 3. The van der Waals surface area contributed by atoms with Crippen LogP contribution < -0.4 is 9.47 Å². The van der Waals surface area contributed by atoms with Gasteiger partial charge in [0.05, 0.1) is 22.2 Å². The van der Waals surface area contributed by atoms with Gasteiger partial charge in [0.15, 0.2) is 17.2 Å². The number of carbonyl (C=O) groups excluding carboxylic acids is 1. The van der Waals surface area contributed by atoms with E-state index < -0.39 is 10.9 Å². The zero-order chi connectivity index (χ0) is 21.7. The Morgan fingerprint density at radius 3 is 2.80 bits per heavy atom. The Hall–Kier alpha value is -2.95. The van der Waals surface area contributed by atoms with Crippen LogP contribution in [-0.4, -0.2) is 30.5 Å². The fourth-order valence-electron chi connectivity index (χ4n) is 2.72. The molecule has 0 saturated carbocycles. The van der Waals surface area contributed by atoms with Gasteiger partial charge >= 0.3 is 5.97 Å². The molecule has 30 heavy (non-hydrogen) atoms. The van der Waals surface area contributed by atoms with Crippen LogP contribution in [0, 0.1) is 13.7 Å². The van der Waals surface area contributed by atoms with Crippen molar-refractivity contribution < 1.29 is 23.9 Å². The third-order valence-electron chi connectivity index (χ3n) is 4.22. The molecule has 0 amide bonds. The number of unbranched alkanes of at least 4 members (excludes halogenated alkanes) is 1. The highest BCUT2D eigenvalue weighted by molar-refractivity contribution is 14.1. The standard InChI is InChI=1S/C21H19IN2O6/c1-3-4-8-29-19-16(22)9-13(11-18(19)28-2)10-17-21(25)30-20(23-17)14-6-5-7-15(12-14)24(26)27/h5-7,9-12H,3-4,8H2,1-2H3/b17-10-. The predicted octanol–water partition coefficient (Wildman–Crippen LogP) is 4.73. The Bertz CT molecular complexity index is 1050. The highest BCUT2D eigenvalue weighted by Gasteiger charge is 2.25. The quantitative estimate of drug-likeness (QED) is 0.124. The van der Waals surface area contributed by atoms with Crippen LogP contribution >= 0.6 is 22.6 Å². The Kier molecular flexibility index (Phi) is 7.03. The molecule has 0 aromatic heterocycles. The summed E-state index contributed by atoms with van der Waals surface area (Å²) in [5, 5.41) is 11.0. The van der Waals surface area contributed by atoms with Crippen LogP contribution in [0.25, 0.3) is 6.08 Å². The number of halogens is 1. The Morgan fingerprint density at radius 1 is 1.30 bits per heavy atom. The maximum absolute atomic E-state index is 12.3. The number of benzene rings is 2. The fraction of sp³-hybridized carbons (Fsp3) is 0.238. The van der Waals surface area contributed by atoms with Gasteiger partial charge in [-0.1, -0.05) is 19.4 Å². The largest absolute Gasteiger partial charge is 0.493 e. The van der Waals surface area contributed by atoms with Crippen molar-refractivity contribution in [3.63, 3.8) is 0 Å². The molecule has 0 spiro atoms. The summed E-state index contributed by atoms with van der Waals surface area (Å²) in [6.45, 7) is 2.68. The molecule has 1 aliphatic heterocycles. The first-order valence-electron chi connectivity index (χ1n) is 9.20. The summed E-state index contributed by atoms with van der Waals surface area (Å²) in [4.78, 5) is 26.9. The number of cyclic esters (lactones) is 1. The second kappa shape index (κ2) is 9.70. The summed E-state index contributed by atoms with van der Waals surface area (Å²) in [7, 11) is 1.55. The molecule has 2 aromatic carbocycles. The number of nitrogens with zero attached hydrogens (tertiary/aromatic N) is 2. The van der Waals surface area contributed by atoms with Crippen molar-refractivity contribution in [1.82, 2.24) is 0 Å². The van der Waals surface area contributed by atoms with E-state index in [-0.39, 0.29) is 17.3 Å². The van der Waals surface area contributed by atoms with Crippen molar-refractivity contribution in [3.05, 3.63) is 66.9 Å². The minimum atomic E-state index is -0.631. The molecule has 8 nitrogen and oxygen atoms in total. The van der Waals surface area contributed by atoms with Gasteiger partial charge < -0.3 is 14.2 Å². The topological polar surface area (TPSA) is 100 Å². The van der Waals surface area contributed by atoms with Gasteiger partial charge in [0.25, 0.3) is 5.69 Å². The van der Waals surface area contributed by atoms with E-state index in [1.54, 1.807) is 25.3 Å². The summed E-state index contributed by atoms with van der Waals surface area (Å²) in [6.07, 6.45) is 3.54. The van der Waals surface area contributed by atoms with Crippen molar-refractivity contribution in [2.75, 3.05) is 13.7 Å². The first kappa shape index (κ1) is 21.8. The van der Waals surface area contributed by atoms with Gasteiger partial charge in [0.1, 0.15) is 0 Å². The Balaban J connectivity index is 1.91. The molecule has 3 rings (SSSR count). The van der Waals surface area contributed by atoms with E-state index in [1.165, 1.54) is 18.2 Å². The van der Waals surface area contributed by atoms with Crippen LogP contribution in [0.3, 0.4) is 0 Å². The average molecular weight is 522 g/mol. The molecule has 2 aromatic rings. The number of non-ortho nitro benzene ring substituents is 1. The number of methoxy groups -OCH3 is 1. The second-order valence-corrected chi connectivity index (χ2v) is 7.54. The number of esters is 1. The van der Waals surface area contributed by atoms with Crippen LogP contribution in [0.2, 0.25) is 0 Å². The van der Waals surface area contributed by atoms with E-state index in [1.807, 2.05) is 6.07 Å². The van der Waals surface area contributed by atoms with Gasteiger partial charge in [0.2, 0.25) is 5.90 Å². The van der Waals surface area contributed by atoms with Gasteiger partial charge in [-0.15, -0.1) is 0 Å². The molecular formula is C21H19IN2O6. The van der Waals surface area contributed by atoms with E-state index in [9.17, 15) is 14.9 Å². The summed E-state index contributed by atoms with van der Waals surface area (Å²) >= 11 is 2.15. The molecule has 0 radical (unpaired) electrons. The number of hydrogen-bond donors (Lipinski definition) is 0. The molecule has 0 bridgehead atoms. The molecular weight excluding hydrogens is 503 g/mol. The highest BCUT2D eigenvalue weighted by Crippen LogP contribution is 2.35. The molecule has 1 heterocycles. The zero-order valence-corrected chi connectivity index (χ0v) is 18.5. The molecule has 0 unspecified atom stereocenters. The lowest BCUT2D eigenvalue weighted by Crippen LogP contribution is -2.05. The molecule has 0 atom stereocenters. The molecule has 1 aliphatic rings. The molecule has 0 N–H and O–H groups in total. The van der Waals surface area contributed by atoms with Crippen LogP contribution in [0.1, 0.15) is 30.9 Å². The monoisotopic (exact) mass is 522 g/mol. The van der Waals surface area contributed by atoms with Crippen LogP contribution in [0.15, 0.2) is 47.1 Å². The van der Waals surface area contributed by atoms with Crippen LogP contribution in [0.4, 0.5) is 5.69 Å². The summed E-state index contributed by atoms with van der Waals surface area (Å²) in [6, 6.07) is 9.38. The normalized spacial score (nSPS) is 14.4. The minimum absolute atomic E-state index is 0.0242. The van der Waals surface area contributed by atoms with Crippen molar-refractivity contribution in [2.45, 2.75) is 19.8 Å². The number of nitro groups is 1. The highest BCUT2D eigenvalue weighted by atomic mass is 127. The predicted molar refractivity (Wildman–Crippen MR) is 120 cm³/mol. The van der Waals surface area contributed by atoms with Crippen molar-refractivity contribution in [2.24, 2.45) is 4.99 Å². The van der Waals surface area contributed by atoms with Gasteiger partial charge in [-0.2, -0.15) is 0 Å². The second-order valence-electron chi connectivity index (χ2n) is 6.38. The molecule has 156 valence electrons. The number of rotatable bonds is 8. The summed E-state index contributed by atoms with van der Waals surface area (Å²) in [5.41, 5.74) is 1.03. The zero-order valence-electron chi connectivity index (χ0n) is 16.4. The molecule has 0 fully saturated rings. The summed E-state index contributed by atoms with van der Waals surface area (Å²) in [5.74, 6) is 0.604. The van der Waals surface area contributed by atoms with E-state index >= 15 is 0 Å². The lowest BCUT2D eigenvalue weighted by Gasteiger charge is -2.13. The maximum Gasteiger partial charge on any atom is 0.363 e. The van der Waals surface area contributed by atoms with Crippen molar-refractivity contribution >= 4 is 46.2 Å². The summed E-state index contributed by atoms with van der Waals surface area (Å²) < 4.78 is 17.3. The molecule has 9 heteroatoms. The van der Waals surface area contributed by atoms with Crippen LogP contribution in [-0.2, 0) is 9.53 Å². The first-order valence-corrected chi connectivity index (χ1v) is 10.3. The van der Waals surface area contributed by atoms with Gasteiger partial charge in [0, 0.05) is 17.7 Å². The van der Waals surface area contributed by atoms with Crippen molar-refractivity contribution in [3.8, 4) is 11.5 Å². The number of nitro benzene ring substituents is 1.